The minimum Gasteiger partial charge on any atom is -0.368 e. The van der Waals surface area contributed by atoms with Crippen molar-refractivity contribution in [3.63, 3.8) is 0 Å². The van der Waals surface area contributed by atoms with Crippen molar-refractivity contribution in [3.8, 4) is 0 Å². The summed E-state index contributed by atoms with van der Waals surface area (Å²) in [4.78, 5) is 14.8. The van der Waals surface area contributed by atoms with Crippen LogP contribution in [0.4, 0.5) is 11.9 Å². The van der Waals surface area contributed by atoms with Gasteiger partial charge in [0.1, 0.15) is 0 Å². The lowest BCUT2D eigenvalue weighted by Crippen LogP contribution is -2.25. The van der Waals surface area contributed by atoms with Crippen LogP contribution < -0.4 is 10.6 Å². The van der Waals surface area contributed by atoms with E-state index in [1.54, 1.807) is 11.8 Å². The Morgan fingerprint density at radius 3 is 2.41 bits per heavy atom. The number of anilines is 2. The summed E-state index contributed by atoms with van der Waals surface area (Å²) < 4.78 is 0. The number of thioether (sulfide) groups is 1. The van der Waals surface area contributed by atoms with Crippen molar-refractivity contribution in [2.45, 2.75) is 38.8 Å². The van der Waals surface area contributed by atoms with Gasteiger partial charge in [0.05, 0.1) is 0 Å². The molecular weight excluding hydrogens is 234 g/mol. The molecule has 0 unspecified atom stereocenters. The molecule has 0 aliphatic carbocycles. The molecule has 0 radical (unpaired) electrons. The molecule has 0 amide bonds. The monoisotopic (exact) mass is 255 g/mol. The zero-order valence-corrected chi connectivity index (χ0v) is 11.6. The van der Waals surface area contributed by atoms with Gasteiger partial charge in [-0.05, 0) is 20.3 Å². The van der Waals surface area contributed by atoms with Crippen LogP contribution in [0.25, 0.3) is 0 Å². The number of rotatable bonds is 7. The Balaban J connectivity index is 2.78. The third kappa shape index (κ3) is 4.38. The molecule has 0 aromatic carbocycles. The third-order valence-electron chi connectivity index (χ3n) is 2.40. The lowest BCUT2D eigenvalue weighted by molar-refractivity contribution is 0.785. The van der Waals surface area contributed by atoms with Crippen molar-refractivity contribution in [2.24, 2.45) is 0 Å². The fraction of sp³-hybridized carbons (Fsp3) is 0.727. The maximum Gasteiger partial charge on any atom is 0.231 e. The summed E-state index contributed by atoms with van der Waals surface area (Å²) in [5, 5.41) is 0.729. The fourth-order valence-electron chi connectivity index (χ4n) is 1.38. The van der Waals surface area contributed by atoms with E-state index in [0.29, 0.717) is 11.9 Å². The van der Waals surface area contributed by atoms with E-state index in [-0.39, 0.29) is 0 Å². The summed E-state index contributed by atoms with van der Waals surface area (Å²) in [6.07, 6.45) is 2.34. The summed E-state index contributed by atoms with van der Waals surface area (Å²) in [6, 6.07) is 0. The van der Waals surface area contributed by atoms with Crippen LogP contribution >= 0.6 is 11.8 Å². The lowest BCUT2D eigenvalue weighted by atomic mass is 10.4. The number of nitrogen functional groups attached to an aromatic ring is 1. The number of nitrogens with two attached hydrogens (primary N) is 1. The Morgan fingerprint density at radius 2 is 1.82 bits per heavy atom. The van der Waals surface area contributed by atoms with Crippen LogP contribution in [0.2, 0.25) is 0 Å². The average Bonchev–Trinajstić information content (AvgIpc) is 2.30. The molecule has 0 saturated heterocycles. The minimum atomic E-state index is 0.306. The maximum absolute atomic E-state index is 5.71. The molecule has 0 saturated carbocycles. The Hall–Kier alpha value is -1.04. The third-order valence-corrected chi connectivity index (χ3v) is 3.33. The van der Waals surface area contributed by atoms with E-state index in [2.05, 4.69) is 40.6 Å². The molecular formula is C11H21N5S. The zero-order chi connectivity index (χ0) is 12.7. The Labute approximate surface area is 107 Å². The first-order chi connectivity index (χ1) is 8.21. The van der Waals surface area contributed by atoms with Gasteiger partial charge < -0.3 is 10.6 Å². The van der Waals surface area contributed by atoms with Crippen molar-refractivity contribution in [3.05, 3.63) is 0 Å². The van der Waals surface area contributed by atoms with Crippen LogP contribution in [0, 0.1) is 0 Å². The van der Waals surface area contributed by atoms with Gasteiger partial charge in [0.15, 0.2) is 5.16 Å². The van der Waals surface area contributed by atoms with Crippen LogP contribution in [-0.2, 0) is 0 Å². The highest BCUT2D eigenvalue weighted by atomic mass is 32.2. The molecule has 6 heteroatoms. The van der Waals surface area contributed by atoms with E-state index in [4.69, 9.17) is 5.73 Å². The van der Waals surface area contributed by atoms with E-state index in [9.17, 15) is 0 Å². The first kappa shape index (κ1) is 14.0. The van der Waals surface area contributed by atoms with Crippen molar-refractivity contribution in [2.75, 3.05) is 29.5 Å². The first-order valence-electron chi connectivity index (χ1n) is 6.10. The number of aromatic nitrogens is 3. The molecule has 5 nitrogen and oxygen atoms in total. The smallest absolute Gasteiger partial charge is 0.231 e. The van der Waals surface area contributed by atoms with Crippen LogP contribution in [-0.4, -0.2) is 33.8 Å². The standard InChI is InChI=1S/C11H21N5S/c1-4-7-8-17-11-14-9(12)13-10(15-11)16(5-2)6-3/h4-8H2,1-3H3,(H2,12,13,14,15). The predicted molar refractivity (Wildman–Crippen MR) is 73.4 cm³/mol. The van der Waals surface area contributed by atoms with Gasteiger partial charge >= 0.3 is 0 Å². The van der Waals surface area contributed by atoms with Gasteiger partial charge in [0.25, 0.3) is 0 Å². The van der Waals surface area contributed by atoms with E-state index >= 15 is 0 Å². The van der Waals surface area contributed by atoms with Crippen molar-refractivity contribution in [1.82, 2.24) is 15.0 Å². The quantitative estimate of drug-likeness (QED) is 0.595. The van der Waals surface area contributed by atoms with Gasteiger partial charge in [-0.1, -0.05) is 25.1 Å². The van der Waals surface area contributed by atoms with E-state index in [1.165, 1.54) is 6.42 Å². The number of hydrogen-bond acceptors (Lipinski definition) is 6. The van der Waals surface area contributed by atoms with Crippen molar-refractivity contribution >= 4 is 23.7 Å². The normalized spacial score (nSPS) is 10.5. The molecule has 17 heavy (non-hydrogen) atoms. The minimum absolute atomic E-state index is 0.306. The second-order valence-electron chi connectivity index (χ2n) is 3.65. The Kier molecular flexibility index (Phi) is 6.04. The molecule has 2 N–H and O–H groups in total. The maximum atomic E-state index is 5.71. The number of nitrogens with zero attached hydrogens (tertiary/aromatic N) is 4. The summed E-state index contributed by atoms with van der Waals surface area (Å²) in [5.74, 6) is 2.01. The highest BCUT2D eigenvalue weighted by Crippen LogP contribution is 2.18. The average molecular weight is 255 g/mol. The summed E-state index contributed by atoms with van der Waals surface area (Å²) in [6.45, 7) is 8.07. The van der Waals surface area contributed by atoms with E-state index in [1.807, 2.05) is 0 Å². The second-order valence-corrected chi connectivity index (χ2v) is 4.71. The fourth-order valence-corrected chi connectivity index (χ4v) is 2.30. The topological polar surface area (TPSA) is 67.9 Å². The Bertz CT molecular complexity index is 341. The van der Waals surface area contributed by atoms with Gasteiger partial charge in [-0.3, -0.25) is 0 Å². The molecule has 1 heterocycles. The molecule has 0 atom stereocenters. The number of hydrogen-bond donors (Lipinski definition) is 1. The Morgan fingerprint density at radius 1 is 1.12 bits per heavy atom. The molecule has 1 aromatic heterocycles. The second kappa shape index (κ2) is 7.32. The summed E-state index contributed by atoms with van der Waals surface area (Å²) in [5.41, 5.74) is 5.71. The van der Waals surface area contributed by atoms with Gasteiger partial charge in [-0.2, -0.15) is 15.0 Å². The molecule has 0 spiro atoms. The van der Waals surface area contributed by atoms with Crippen LogP contribution in [0.15, 0.2) is 5.16 Å². The molecule has 0 aliphatic heterocycles. The van der Waals surface area contributed by atoms with Crippen LogP contribution in [0.1, 0.15) is 33.6 Å². The van der Waals surface area contributed by atoms with Gasteiger partial charge in [0.2, 0.25) is 11.9 Å². The first-order valence-corrected chi connectivity index (χ1v) is 7.09. The number of unbranched alkanes of at least 4 members (excludes halogenated alkanes) is 1. The summed E-state index contributed by atoms with van der Waals surface area (Å²) >= 11 is 1.64. The SMILES string of the molecule is CCCCSc1nc(N)nc(N(CC)CC)n1. The largest absolute Gasteiger partial charge is 0.368 e. The lowest BCUT2D eigenvalue weighted by Gasteiger charge is -2.18. The molecule has 1 rings (SSSR count). The van der Waals surface area contributed by atoms with Gasteiger partial charge in [-0.25, -0.2) is 0 Å². The van der Waals surface area contributed by atoms with Crippen molar-refractivity contribution < 1.29 is 0 Å². The van der Waals surface area contributed by atoms with Gasteiger partial charge in [0, 0.05) is 18.8 Å². The molecule has 0 bridgehead atoms. The van der Waals surface area contributed by atoms with E-state index in [0.717, 1.165) is 30.4 Å². The van der Waals surface area contributed by atoms with Crippen molar-refractivity contribution in [1.29, 1.82) is 0 Å². The van der Waals surface area contributed by atoms with Gasteiger partial charge in [-0.15, -0.1) is 0 Å². The molecule has 0 aliphatic rings. The molecule has 1 aromatic rings. The highest BCUT2D eigenvalue weighted by molar-refractivity contribution is 7.99. The van der Waals surface area contributed by atoms with E-state index < -0.39 is 0 Å². The highest BCUT2D eigenvalue weighted by Gasteiger charge is 2.09. The summed E-state index contributed by atoms with van der Waals surface area (Å²) in [7, 11) is 0. The van der Waals surface area contributed by atoms with Crippen LogP contribution in [0.5, 0.6) is 0 Å². The molecule has 0 fully saturated rings. The predicted octanol–water partition coefficient (Wildman–Crippen LogP) is 2.19. The zero-order valence-electron chi connectivity index (χ0n) is 10.8. The molecule has 96 valence electrons. The van der Waals surface area contributed by atoms with Crippen LogP contribution in [0.3, 0.4) is 0 Å².